The van der Waals surface area contributed by atoms with Gasteiger partial charge in [0, 0.05) is 52.4 Å². The smallest absolute Gasteiger partial charge is 0.0558 e. The van der Waals surface area contributed by atoms with Gasteiger partial charge >= 0.3 is 0 Å². The summed E-state index contributed by atoms with van der Waals surface area (Å²) in [6.45, 7) is 11.6. The first-order chi connectivity index (χ1) is 8.30. The van der Waals surface area contributed by atoms with Gasteiger partial charge in [0.25, 0.3) is 0 Å². The normalized spacial score (nSPS) is 19.1. The van der Waals surface area contributed by atoms with Gasteiger partial charge in [-0.3, -0.25) is 9.80 Å². The Morgan fingerprint density at radius 2 is 1.41 bits per heavy atom. The zero-order valence-corrected chi connectivity index (χ0v) is 11.0. The molecule has 1 aliphatic rings. The second-order valence-electron chi connectivity index (χ2n) is 4.56. The third-order valence-electron chi connectivity index (χ3n) is 3.48. The second-order valence-corrected chi connectivity index (χ2v) is 4.56. The van der Waals surface area contributed by atoms with E-state index in [1.807, 2.05) is 0 Å². The van der Waals surface area contributed by atoms with Crippen molar-refractivity contribution in [3.8, 4) is 0 Å². The minimum Gasteiger partial charge on any atom is -0.395 e. The Balaban J connectivity index is 2.16. The lowest BCUT2D eigenvalue weighted by molar-refractivity contribution is 0.108. The van der Waals surface area contributed by atoms with Crippen LogP contribution in [0.4, 0.5) is 0 Å². The number of rotatable bonds is 8. The molecule has 0 amide bonds. The lowest BCUT2D eigenvalue weighted by atomic mass is 10.3. The highest BCUT2D eigenvalue weighted by atomic mass is 16.3. The minimum atomic E-state index is 0.170. The summed E-state index contributed by atoms with van der Waals surface area (Å²) in [6.07, 6.45) is 0. The molecule has 0 atom stereocenters. The molecule has 17 heavy (non-hydrogen) atoms. The molecule has 1 aliphatic heterocycles. The van der Waals surface area contributed by atoms with Gasteiger partial charge in [-0.15, -0.1) is 0 Å². The Bertz CT molecular complexity index is 179. The van der Waals surface area contributed by atoms with Crippen LogP contribution in [-0.4, -0.2) is 97.0 Å². The van der Waals surface area contributed by atoms with E-state index in [0.29, 0.717) is 13.1 Å². The first-order valence-electron chi connectivity index (χ1n) is 6.69. The Morgan fingerprint density at radius 1 is 0.882 bits per heavy atom. The number of hydrogen-bond acceptors (Lipinski definition) is 5. The first kappa shape index (κ1) is 14.9. The highest BCUT2D eigenvalue weighted by Crippen LogP contribution is 2.01. The number of nitrogens with zero attached hydrogens (tertiary/aromatic N) is 3. The van der Waals surface area contributed by atoms with E-state index < -0.39 is 0 Å². The molecule has 0 bridgehead atoms. The second kappa shape index (κ2) is 8.83. The van der Waals surface area contributed by atoms with E-state index >= 15 is 0 Å². The Labute approximate surface area is 105 Å². The van der Waals surface area contributed by atoms with Gasteiger partial charge in [-0.2, -0.15) is 0 Å². The number of hydrogen-bond donors (Lipinski definition) is 2. The van der Waals surface area contributed by atoms with E-state index in [1.54, 1.807) is 0 Å². The summed E-state index contributed by atoms with van der Waals surface area (Å²) >= 11 is 0. The van der Waals surface area contributed by atoms with Gasteiger partial charge in [0.15, 0.2) is 0 Å². The SMILES string of the molecule is CCN1CCN(CCN(CCO)CCO)CC1. The lowest BCUT2D eigenvalue weighted by Crippen LogP contribution is -2.48. The van der Waals surface area contributed by atoms with Crippen LogP contribution in [-0.2, 0) is 0 Å². The van der Waals surface area contributed by atoms with E-state index in [9.17, 15) is 0 Å². The van der Waals surface area contributed by atoms with Gasteiger partial charge in [-0.1, -0.05) is 6.92 Å². The highest BCUT2D eigenvalue weighted by Gasteiger charge is 2.15. The maximum absolute atomic E-state index is 8.92. The van der Waals surface area contributed by atoms with Crippen molar-refractivity contribution >= 4 is 0 Å². The maximum Gasteiger partial charge on any atom is 0.0558 e. The van der Waals surface area contributed by atoms with E-state index in [2.05, 4.69) is 21.6 Å². The molecule has 0 radical (unpaired) electrons. The molecule has 0 unspecified atom stereocenters. The Morgan fingerprint density at radius 3 is 1.88 bits per heavy atom. The van der Waals surface area contributed by atoms with Crippen LogP contribution in [0.1, 0.15) is 6.92 Å². The van der Waals surface area contributed by atoms with Crippen LogP contribution in [0.5, 0.6) is 0 Å². The van der Waals surface area contributed by atoms with Crippen LogP contribution in [0.3, 0.4) is 0 Å². The predicted octanol–water partition coefficient (Wildman–Crippen LogP) is -1.09. The molecular weight excluding hydrogens is 218 g/mol. The van der Waals surface area contributed by atoms with Gasteiger partial charge in [-0.05, 0) is 6.54 Å². The molecule has 1 rings (SSSR count). The molecule has 1 heterocycles. The molecule has 0 aromatic rings. The van der Waals surface area contributed by atoms with Crippen molar-refractivity contribution in [2.45, 2.75) is 6.92 Å². The molecule has 0 saturated carbocycles. The van der Waals surface area contributed by atoms with Crippen molar-refractivity contribution in [3.05, 3.63) is 0 Å². The van der Waals surface area contributed by atoms with Crippen molar-refractivity contribution < 1.29 is 10.2 Å². The molecule has 5 heteroatoms. The van der Waals surface area contributed by atoms with Crippen LogP contribution in [0.2, 0.25) is 0 Å². The van der Waals surface area contributed by atoms with Crippen molar-refractivity contribution in [2.24, 2.45) is 0 Å². The van der Waals surface area contributed by atoms with Crippen LogP contribution in [0.15, 0.2) is 0 Å². The predicted molar refractivity (Wildman–Crippen MR) is 69.2 cm³/mol. The summed E-state index contributed by atoms with van der Waals surface area (Å²) in [5, 5.41) is 17.8. The molecule has 0 aromatic carbocycles. The molecule has 2 N–H and O–H groups in total. The Hall–Kier alpha value is -0.200. The Kier molecular flexibility index (Phi) is 7.72. The molecule has 102 valence electrons. The summed E-state index contributed by atoms with van der Waals surface area (Å²) < 4.78 is 0. The summed E-state index contributed by atoms with van der Waals surface area (Å²) in [7, 11) is 0. The average molecular weight is 245 g/mol. The highest BCUT2D eigenvalue weighted by molar-refractivity contribution is 4.72. The lowest BCUT2D eigenvalue weighted by Gasteiger charge is -2.35. The van der Waals surface area contributed by atoms with Crippen molar-refractivity contribution in [3.63, 3.8) is 0 Å². The summed E-state index contributed by atoms with van der Waals surface area (Å²) in [4.78, 5) is 7.05. The monoisotopic (exact) mass is 245 g/mol. The van der Waals surface area contributed by atoms with Crippen molar-refractivity contribution in [2.75, 3.05) is 72.1 Å². The largest absolute Gasteiger partial charge is 0.395 e. The van der Waals surface area contributed by atoms with E-state index in [-0.39, 0.29) is 13.2 Å². The van der Waals surface area contributed by atoms with Crippen LogP contribution in [0.25, 0.3) is 0 Å². The zero-order chi connectivity index (χ0) is 12.5. The van der Waals surface area contributed by atoms with Crippen molar-refractivity contribution in [1.29, 1.82) is 0 Å². The minimum absolute atomic E-state index is 0.170. The van der Waals surface area contributed by atoms with Gasteiger partial charge in [-0.25, -0.2) is 0 Å². The number of aliphatic hydroxyl groups is 2. The quantitative estimate of drug-likeness (QED) is 0.569. The standard InChI is InChI=1S/C12H27N3O2/c1-2-13-3-5-14(6-4-13)7-8-15(9-11-16)10-12-17/h16-17H,2-12H2,1H3. The number of piperazine rings is 1. The topological polar surface area (TPSA) is 50.2 Å². The van der Waals surface area contributed by atoms with E-state index in [4.69, 9.17) is 10.2 Å². The molecule has 0 aliphatic carbocycles. The van der Waals surface area contributed by atoms with Gasteiger partial charge < -0.3 is 15.1 Å². The van der Waals surface area contributed by atoms with Gasteiger partial charge in [0.1, 0.15) is 0 Å². The molecular formula is C12H27N3O2. The molecule has 1 fully saturated rings. The summed E-state index contributed by atoms with van der Waals surface area (Å²) in [5.41, 5.74) is 0. The van der Waals surface area contributed by atoms with E-state index in [0.717, 1.165) is 45.8 Å². The van der Waals surface area contributed by atoms with Crippen LogP contribution in [0, 0.1) is 0 Å². The zero-order valence-electron chi connectivity index (χ0n) is 11.0. The van der Waals surface area contributed by atoms with Crippen molar-refractivity contribution in [1.82, 2.24) is 14.7 Å². The van der Waals surface area contributed by atoms with Gasteiger partial charge in [0.2, 0.25) is 0 Å². The fraction of sp³-hybridized carbons (Fsp3) is 1.00. The number of likely N-dealkylation sites (N-methyl/N-ethyl adjacent to an activating group) is 1. The average Bonchev–Trinajstić information content (AvgIpc) is 2.37. The molecule has 1 saturated heterocycles. The van der Waals surface area contributed by atoms with Crippen LogP contribution < -0.4 is 0 Å². The first-order valence-corrected chi connectivity index (χ1v) is 6.69. The van der Waals surface area contributed by atoms with E-state index in [1.165, 1.54) is 0 Å². The maximum atomic E-state index is 8.92. The fourth-order valence-corrected chi connectivity index (χ4v) is 2.23. The fourth-order valence-electron chi connectivity index (χ4n) is 2.23. The summed E-state index contributed by atoms with van der Waals surface area (Å²) in [6, 6.07) is 0. The molecule has 5 nitrogen and oxygen atoms in total. The van der Waals surface area contributed by atoms with Gasteiger partial charge in [0.05, 0.1) is 13.2 Å². The third-order valence-corrected chi connectivity index (χ3v) is 3.48. The molecule has 0 aromatic heterocycles. The third kappa shape index (κ3) is 5.79. The number of aliphatic hydroxyl groups excluding tert-OH is 2. The molecule has 0 spiro atoms. The van der Waals surface area contributed by atoms with Crippen LogP contribution >= 0.6 is 0 Å². The summed E-state index contributed by atoms with van der Waals surface area (Å²) in [5.74, 6) is 0.